The van der Waals surface area contributed by atoms with Gasteiger partial charge >= 0.3 is 11.9 Å². The SMILES string of the molecule is CC(C)CC(NC(=O)C(CC(=O)O)NC(=O)C(CC(N)=O)NC(=O)C(N)C(C)C)C(=O)O. The number of nitrogens with one attached hydrogen (secondary N) is 3. The molecule has 0 spiro atoms. The molecule has 0 aliphatic rings. The molecule has 0 saturated carbocycles. The van der Waals surface area contributed by atoms with E-state index < -0.39 is 72.6 Å². The Balaban J connectivity index is 5.56. The lowest BCUT2D eigenvalue weighted by Crippen LogP contribution is -2.58. The maximum Gasteiger partial charge on any atom is 0.326 e. The highest BCUT2D eigenvalue weighted by Crippen LogP contribution is 2.07. The van der Waals surface area contributed by atoms with Crippen LogP contribution in [0.3, 0.4) is 0 Å². The Hall–Kier alpha value is -3.22. The molecule has 0 radical (unpaired) electrons. The van der Waals surface area contributed by atoms with Crippen LogP contribution < -0.4 is 27.4 Å². The minimum absolute atomic E-state index is 0.0717. The second kappa shape index (κ2) is 13.2. The number of rotatable bonds is 14. The molecule has 0 aromatic carbocycles. The predicted octanol–water partition coefficient (Wildman–Crippen LogP) is -2.10. The van der Waals surface area contributed by atoms with Gasteiger partial charge in [0.15, 0.2) is 0 Å². The maximum absolute atomic E-state index is 12.6. The molecule has 0 bridgehead atoms. The van der Waals surface area contributed by atoms with Gasteiger partial charge in [0.05, 0.1) is 18.9 Å². The summed E-state index contributed by atoms with van der Waals surface area (Å²) in [5.74, 6) is -6.93. The van der Waals surface area contributed by atoms with Crippen molar-refractivity contribution in [2.45, 2.75) is 71.1 Å². The molecule has 32 heavy (non-hydrogen) atoms. The second-order valence-corrected chi connectivity index (χ2v) is 8.19. The minimum Gasteiger partial charge on any atom is -0.481 e. The smallest absolute Gasteiger partial charge is 0.326 e. The lowest BCUT2D eigenvalue weighted by atomic mass is 10.0. The van der Waals surface area contributed by atoms with Gasteiger partial charge in [-0.25, -0.2) is 4.79 Å². The molecule has 13 heteroatoms. The summed E-state index contributed by atoms with van der Waals surface area (Å²) in [5, 5.41) is 25.0. The van der Waals surface area contributed by atoms with Gasteiger partial charge in [0.2, 0.25) is 23.6 Å². The van der Waals surface area contributed by atoms with Crippen LogP contribution in [0.4, 0.5) is 0 Å². The van der Waals surface area contributed by atoms with Crippen molar-refractivity contribution in [2.75, 3.05) is 0 Å². The third kappa shape index (κ3) is 10.7. The zero-order valence-corrected chi connectivity index (χ0v) is 18.6. The number of primary amides is 1. The zero-order valence-electron chi connectivity index (χ0n) is 18.6. The van der Waals surface area contributed by atoms with Gasteiger partial charge in [-0.3, -0.25) is 24.0 Å². The summed E-state index contributed by atoms with van der Waals surface area (Å²) in [6.45, 7) is 6.79. The van der Waals surface area contributed by atoms with E-state index in [-0.39, 0.29) is 18.3 Å². The van der Waals surface area contributed by atoms with Crippen LogP contribution in [0.1, 0.15) is 47.0 Å². The Morgan fingerprint density at radius 1 is 0.750 bits per heavy atom. The molecule has 0 heterocycles. The fraction of sp³-hybridized carbons (Fsp3) is 0.684. The molecule has 182 valence electrons. The van der Waals surface area contributed by atoms with Gasteiger partial charge in [-0.2, -0.15) is 0 Å². The van der Waals surface area contributed by atoms with Crippen molar-refractivity contribution in [3.63, 3.8) is 0 Å². The van der Waals surface area contributed by atoms with E-state index in [0.29, 0.717) is 0 Å². The van der Waals surface area contributed by atoms with E-state index in [2.05, 4.69) is 16.0 Å². The first-order chi connectivity index (χ1) is 14.6. The normalized spacial score (nSPS) is 14.7. The number of carboxylic acid groups (broad SMARTS) is 2. The van der Waals surface area contributed by atoms with Crippen LogP contribution in [0.5, 0.6) is 0 Å². The van der Waals surface area contributed by atoms with E-state index in [4.69, 9.17) is 16.6 Å². The molecule has 4 unspecified atom stereocenters. The number of carboxylic acids is 2. The van der Waals surface area contributed by atoms with E-state index in [9.17, 15) is 33.9 Å². The molecular weight excluding hydrogens is 426 g/mol. The second-order valence-electron chi connectivity index (χ2n) is 8.19. The summed E-state index contributed by atoms with van der Waals surface area (Å²) in [4.78, 5) is 71.2. The lowest BCUT2D eigenvalue weighted by molar-refractivity contribution is -0.144. The van der Waals surface area contributed by atoms with Gasteiger partial charge in [-0.05, 0) is 18.3 Å². The highest BCUT2D eigenvalue weighted by atomic mass is 16.4. The van der Waals surface area contributed by atoms with Gasteiger partial charge in [0, 0.05) is 0 Å². The quantitative estimate of drug-likeness (QED) is 0.151. The average molecular weight is 460 g/mol. The first-order valence-electron chi connectivity index (χ1n) is 10.0. The zero-order chi connectivity index (χ0) is 25.2. The van der Waals surface area contributed by atoms with Crippen LogP contribution >= 0.6 is 0 Å². The van der Waals surface area contributed by atoms with Crippen LogP contribution in [0.2, 0.25) is 0 Å². The standard InChI is InChI=1S/C19H33N5O8/c1-8(2)5-12(19(31)32)24-17(29)11(7-14(26)27)22-16(28)10(6-13(20)25)23-18(30)15(21)9(3)4/h8-12,15H,5-7,21H2,1-4H3,(H2,20,25)(H,22,28)(H,23,30)(H,24,29)(H,26,27)(H,31,32). The van der Waals surface area contributed by atoms with Crippen LogP contribution in [0.25, 0.3) is 0 Å². The highest BCUT2D eigenvalue weighted by molar-refractivity contribution is 5.97. The fourth-order valence-corrected chi connectivity index (χ4v) is 2.60. The van der Waals surface area contributed by atoms with E-state index >= 15 is 0 Å². The lowest BCUT2D eigenvalue weighted by Gasteiger charge is -2.25. The van der Waals surface area contributed by atoms with Gasteiger partial charge in [-0.1, -0.05) is 27.7 Å². The largest absolute Gasteiger partial charge is 0.481 e. The summed E-state index contributed by atoms with van der Waals surface area (Å²) < 4.78 is 0. The van der Waals surface area contributed by atoms with Crippen LogP contribution in [-0.4, -0.2) is 69.9 Å². The number of carbonyl (C=O) groups excluding carboxylic acids is 4. The first-order valence-corrected chi connectivity index (χ1v) is 10.0. The summed E-state index contributed by atoms with van der Waals surface area (Å²) in [6.07, 6.45) is -1.43. The van der Waals surface area contributed by atoms with E-state index in [1.54, 1.807) is 27.7 Å². The number of carbonyl (C=O) groups is 6. The molecule has 0 saturated heterocycles. The first kappa shape index (κ1) is 28.8. The number of hydrogen-bond donors (Lipinski definition) is 7. The third-order valence-electron chi connectivity index (χ3n) is 4.39. The van der Waals surface area contributed by atoms with Gasteiger partial charge in [0.25, 0.3) is 0 Å². The van der Waals surface area contributed by atoms with Crippen LogP contribution in [0, 0.1) is 11.8 Å². The molecule has 4 amide bonds. The van der Waals surface area contributed by atoms with Crippen molar-refractivity contribution in [1.82, 2.24) is 16.0 Å². The molecule has 0 rings (SSSR count). The van der Waals surface area contributed by atoms with Crippen LogP contribution in [-0.2, 0) is 28.8 Å². The average Bonchev–Trinajstić information content (AvgIpc) is 2.64. The van der Waals surface area contributed by atoms with Gasteiger partial charge in [-0.15, -0.1) is 0 Å². The van der Waals surface area contributed by atoms with E-state index in [0.717, 1.165) is 0 Å². The monoisotopic (exact) mass is 459 g/mol. The number of hydrogen-bond acceptors (Lipinski definition) is 7. The number of amides is 4. The topological polar surface area (TPSA) is 231 Å². The van der Waals surface area contributed by atoms with Crippen molar-refractivity contribution in [3.05, 3.63) is 0 Å². The highest BCUT2D eigenvalue weighted by Gasteiger charge is 2.32. The van der Waals surface area contributed by atoms with E-state index in [1.165, 1.54) is 0 Å². The van der Waals surface area contributed by atoms with Crippen molar-refractivity contribution < 1.29 is 39.0 Å². The predicted molar refractivity (Wildman–Crippen MR) is 112 cm³/mol. The Labute approximate surface area is 185 Å². The molecule has 0 aromatic heterocycles. The molecule has 9 N–H and O–H groups in total. The molecule has 4 atom stereocenters. The summed E-state index contributed by atoms with van der Waals surface area (Å²) in [7, 11) is 0. The molecule has 0 aromatic rings. The molecular formula is C19H33N5O8. The Morgan fingerprint density at radius 2 is 1.19 bits per heavy atom. The third-order valence-corrected chi connectivity index (χ3v) is 4.39. The summed E-state index contributed by atoms with van der Waals surface area (Å²) in [5.41, 5.74) is 10.8. The Kier molecular flexibility index (Phi) is 11.9. The fourth-order valence-electron chi connectivity index (χ4n) is 2.60. The Bertz CT molecular complexity index is 725. The molecule has 13 nitrogen and oxygen atoms in total. The summed E-state index contributed by atoms with van der Waals surface area (Å²) in [6, 6.07) is -5.48. The van der Waals surface area contributed by atoms with Crippen molar-refractivity contribution in [2.24, 2.45) is 23.3 Å². The van der Waals surface area contributed by atoms with E-state index in [1.807, 2.05) is 0 Å². The van der Waals surface area contributed by atoms with Crippen molar-refractivity contribution >= 4 is 35.6 Å². The van der Waals surface area contributed by atoms with Gasteiger partial charge < -0.3 is 37.6 Å². The number of nitrogens with two attached hydrogens (primary N) is 2. The van der Waals surface area contributed by atoms with Crippen molar-refractivity contribution in [1.29, 1.82) is 0 Å². The Morgan fingerprint density at radius 3 is 1.56 bits per heavy atom. The number of aliphatic carboxylic acids is 2. The summed E-state index contributed by atoms with van der Waals surface area (Å²) >= 11 is 0. The molecule has 0 aliphatic heterocycles. The van der Waals surface area contributed by atoms with Gasteiger partial charge in [0.1, 0.15) is 18.1 Å². The molecule has 0 aliphatic carbocycles. The molecule has 0 fully saturated rings. The maximum atomic E-state index is 12.6. The van der Waals surface area contributed by atoms with Crippen molar-refractivity contribution in [3.8, 4) is 0 Å². The minimum atomic E-state index is -1.67. The van der Waals surface area contributed by atoms with Crippen LogP contribution in [0.15, 0.2) is 0 Å².